The van der Waals surface area contributed by atoms with Crippen molar-refractivity contribution >= 4 is 10.0 Å². The zero-order valence-electron chi connectivity index (χ0n) is 17.3. The van der Waals surface area contributed by atoms with Gasteiger partial charge in [-0.15, -0.1) is 0 Å². The fraction of sp³-hybridized carbons (Fsp3) is 0.476. The van der Waals surface area contributed by atoms with Crippen LogP contribution in [-0.4, -0.2) is 73.7 Å². The molecule has 1 aromatic carbocycles. The first-order chi connectivity index (χ1) is 13.7. The summed E-state index contributed by atoms with van der Waals surface area (Å²) in [5.74, 6) is 0.274. The minimum Gasteiger partial charge on any atom is -0.487 e. The maximum atomic E-state index is 13.4. The van der Waals surface area contributed by atoms with Gasteiger partial charge in [-0.1, -0.05) is 19.1 Å². The van der Waals surface area contributed by atoms with E-state index in [1.807, 2.05) is 38.1 Å². The maximum absolute atomic E-state index is 13.4. The van der Waals surface area contributed by atoms with Crippen LogP contribution in [-0.2, 0) is 10.0 Å². The van der Waals surface area contributed by atoms with Crippen LogP contribution in [0.15, 0.2) is 47.6 Å². The molecule has 0 fully saturated rings. The third kappa shape index (κ3) is 4.61. The molecule has 0 amide bonds. The molecule has 3 rings (SSSR count). The molecule has 0 bridgehead atoms. The molecule has 158 valence electrons. The lowest BCUT2D eigenvalue weighted by molar-refractivity contribution is 0.0813. The average Bonchev–Trinajstić information content (AvgIpc) is 2.70. The summed E-state index contributed by atoms with van der Waals surface area (Å²) < 4.78 is 34.5. The monoisotopic (exact) mass is 419 g/mol. The Hall–Kier alpha value is -2.00. The number of fused-ring (bicyclic) bond motifs is 1. The Morgan fingerprint density at radius 1 is 1.31 bits per heavy atom. The molecule has 0 aliphatic carbocycles. The highest BCUT2D eigenvalue weighted by Crippen LogP contribution is 2.36. The van der Waals surface area contributed by atoms with Crippen LogP contribution in [0.25, 0.3) is 11.1 Å². The van der Waals surface area contributed by atoms with Crippen molar-refractivity contribution in [3.8, 4) is 16.9 Å². The fourth-order valence-electron chi connectivity index (χ4n) is 3.52. The number of likely N-dealkylation sites (N-methyl/N-ethyl adjacent to an activating group) is 1. The Morgan fingerprint density at radius 2 is 2.07 bits per heavy atom. The van der Waals surface area contributed by atoms with E-state index in [4.69, 9.17) is 4.74 Å². The van der Waals surface area contributed by atoms with Gasteiger partial charge in [0, 0.05) is 43.0 Å². The minimum atomic E-state index is -3.82. The molecule has 1 aliphatic heterocycles. The largest absolute Gasteiger partial charge is 0.487 e. The topological polar surface area (TPSA) is 83.0 Å². The summed E-state index contributed by atoms with van der Waals surface area (Å²) in [6.07, 6.45) is 3.23. The number of nitrogens with zero attached hydrogens (tertiary/aromatic N) is 3. The number of benzene rings is 1. The number of rotatable bonds is 5. The van der Waals surface area contributed by atoms with E-state index < -0.39 is 16.1 Å². The SMILES string of the molecule is C[C@@H]1CN([C@@H](C)CO)S(=O)(=O)c2ccc(-c3cccnc3)cc2O[C@H]1CN(C)C. The predicted octanol–water partition coefficient (Wildman–Crippen LogP) is 2.08. The molecule has 0 unspecified atom stereocenters. The summed E-state index contributed by atoms with van der Waals surface area (Å²) in [7, 11) is 0.111. The van der Waals surface area contributed by atoms with E-state index in [0.717, 1.165) is 11.1 Å². The molecule has 2 heterocycles. The van der Waals surface area contributed by atoms with Crippen LogP contribution < -0.4 is 4.74 Å². The smallest absolute Gasteiger partial charge is 0.247 e. The van der Waals surface area contributed by atoms with Crippen LogP contribution in [0.1, 0.15) is 13.8 Å². The van der Waals surface area contributed by atoms with Crippen LogP contribution in [0.5, 0.6) is 5.75 Å². The van der Waals surface area contributed by atoms with Crippen molar-refractivity contribution < 1.29 is 18.3 Å². The van der Waals surface area contributed by atoms with E-state index in [-0.39, 0.29) is 30.1 Å². The van der Waals surface area contributed by atoms with Gasteiger partial charge in [0.1, 0.15) is 16.7 Å². The average molecular weight is 420 g/mol. The van der Waals surface area contributed by atoms with E-state index in [1.165, 1.54) is 4.31 Å². The van der Waals surface area contributed by atoms with E-state index in [1.54, 1.807) is 37.5 Å². The molecule has 29 heavy (non-hydrogen) atoms. The zero-order chi connectivity index (χ0) is 21.2. The molecule has 0 saturated heterocycles. The summed E-state index contributed by atoms with van der Waals surface area (Å²) in [5, 5.41) is 9.67. The number of sulfonamides is 1. The molecule has 1 aliphatic rings. The van der Waals surface area contributed by atoms with Crippen LogP contribution in [0.3, 0.4) is 0 Å². The minimum absolute atomic E-state index is 0.0589. The Bertz CT molecular complexity index is 934. The molecular formula is C21H29N3O4S. The normalized spacial score (nSPS) is 23.0. The van der Waals surface area contributed by atoms with Gasteiger partial charge in [0.2, 0.25) is 10.0 Å². The molecule has 2 aromatic rings. The van der Waals surface area contributed by atoms with Gasteiger partial charge in [-0.2, -0.15) is 4.31 Å². The van der Waals surface area contributed by atoms with Crippen LogP contribution in [0, 0.1) is 5.92 Å². The molecule has 3 atom stereocenters. The Labute approximate surface area is 173 Å². The first kappa shape index (κ1) is 21.7. The molecule has 7 nitrogen and oxygen atoms in total. The third-order valence-corrected chi connectivity index (χ3v) is 7.23. The molecule has 0 spiro atoms. The standard InChI is InChI=1S/C21H29N3O4S/c1-15-12-24(16(2)14-25)29(26,27)21-8-7-17(18-6-5-9-22-11-18)10-19(21)28-20(15)13-23(3)4/h5-11,15-16,20,25H,12-14H2,1-4H3/t15-,16+,20+/m1/s1. The number of ether oxygens (including phenoxy) is 1. The van der Waals surface area contributed by atoms with Crippen LogP contribution >= 0.6 is 0 Å². The number of aliphatic hydroxyl groups excluding tert-OH is 1. The van der Waals surface area contributed by atoms with Gasteiger partial charge in [-0.25, -0.2) is 8.42 Å². The predicted molar refractivity (Wildman–Crippen MR) is 112 cm³/mol. The maximum Gasteiger partial charge on any atom is 0.247 e. The Kier molecular flexibility index (Phi) is 6.58. The highest BCUT2D eigenvalue weighted by Gasteiger charge is 2.37. The van der Waals surface area contributed by atoms with Gasteiger partial charge >= 0.3 is 0 Å². The van der Waals surface area contributed by atoms with Crippen molar-refractivity contribution in [3.05, 3.63) is 42.7 Å². The summed E-state index contributed by atoms with van der Waals surface area (Å²) >= 11 is 0. The first-order valence-electron chi connectivity index (χ1n) is 9.72. The first-order valence-corrected chi connectivity index (χ1v) is 11.2. The van der Waals surface area contributed by atoms with Gasteiger partial charge in [0.15, 0.2) is 0 Å². The van der Waals surface area contributed by atoms with E-state index in [0.29, 0.717) is 12.3 Å². The van der Waals surface area contributed by atoms with Crippen LogP contribution in [0.4, 0.5) is 0 Å². The van der Waals surface area contributed by atoms with Crippen molar-refractivity contribution in [1.82, 2.24) is 14.2 Å². The van der Waals surface area contributed by atoms with E-state index >= 15 is 0 Å². The van der Waals surface area contributed by atoms with Gasteiger partial charge in [-0.05, 0) is 44.8 Å². The second-order valence-electron chi connectivity index (χ2n) is 7.91. The van der Waals surface area contributed by atoms with Crippen molar-refractivity contribution in [2.24, 2.45) is 5.92 Å². The summed E-state index contributed by atoms with van der Waals surface area (Å²) in [6.45, 7) is 4.40. The molecule has 1 N–H and O–H groups in total. The number of pyridine rings is 1. The van der Waals surface area contributed by atoms with Gasteiger partial charge < -0.3 is 14.7 Å². The second kappa shape index (κ2) is 8.79. The second-order valence-corrected chi connectivity index (χ2v) is 9.76. The molecule has 0 radical (unpaired) electrons. The zero-order valence-corrected chi connectivity index (χ0v) is 18.1. The van der Waals surface area contributed by atoms with Crippen LogP contribution in [0.2, 0.25) is 0 Å². The lowest BCUT2D eigenvalue weighted by atomic mass is 10.0. The highest BCUT2D eigenvalue weighted by atomic mass is 32.2. The summed E-state index contributed by atoms with van der Waals surface area (Å²) in [5.41, 5.74) is 1.72. The van der Waals surface area contributed by atoms with Crippen molar-refractivity contribution in [1.29, 1.82) is 0 Å². The molecular weight excluding hydrogens is 390 g/mol. The Morgan fingerprint density at radius 3 is 2.69 bits per heavy atom. The lowest BCUT2D eigenvalue weighted by Crippen LogP contribution is -2.49. The summed E-state index contributed by atoms with van der Waals surface area (Å²) in [4.78, 5) is 6.30. The summed E-state index contributed by atoms with van der Waals surface area (Å²) in [6, 6.07) is 8.37. The van der Waals surface area contributed by atoms with Gasteiger partial charge in [0.25, 0.3) is 0 Å². The van der Waals surface area contributed by atoms with Gasteiger partial charge in [-0.3, -0.25) is 4.98 Å². The lowest BCUT2D eigenvalue weighted by Gasteiger charge is -2.37. The Balaban J connectivity index is 2.14. The fourth-order valence-corrected chi connectivity index (χ4v) is 5.34. The molecule has 8 heteroatoms. The quantitative estimate of drug-likeness (QED) is 0.799. The van der Waals surface area contributed by atoms with Crippen molar-refractivity contribution in [3.63, 3.8) is 0 Å². The third-order valence-electron chi connectivity index (χ3n) is 5.21. The van der Waals surface area contributed by atoms with Crippen molar-refractivity contribution in [2.45, 2.75) is 30.9 Å². The number of hydrogen-bond donors (Lipinski definition) is 1. The van der Waals surface area contributed by atoms with E-state index in [9.17, 15) is 13.5 Å². The number of aromatic nitrogens is 1. The van der Waals surface area contributed by atoms with E-state index in [2.05, 4.69) is 4.98 Å². The van der Waals surface area contributed by atoms with Crippen molar-refractivity contribution in [2.75, 3.05) is 33.8 Å². The highest BCUT2D eigenvalue weighted by molar-refractivity contribution is 7.89. The number of hydrogen-bond acceptors (Lipinski definition) is 6. The molecule has 1 aromatic heterocycles. The molecule has 0 saturated carbocycles. The number of aliphatic hydroxyl groups is 1. The van der Waals surface area contributed by atoms with Gasteiger partial charge in [0.05, 0.1) is 6.61 Å².